The van der Waals surface area contributed by atoms with Gasteiger partial charge in [-0.2, -0.15) is 5.10 Å². The molecule has 108 valence electrons. The molecule has 3 rings (SSSR count). The highest BCUT2D eigenvalue weighted by molar-refractivity contribution is 5.57. The normalized spacial score (nSPS) is 17.7. The van der Waals surface area contributed by atoms with Crippen LogP contribution in [0.3, 0.4) is 0 Å². The molecule has 2 aromatic rings. The van der Waals surface area contributed by atoms with Crippen LogP contribution in [-0.2, 0) is 12.1 Å². The average molecular weight is 273 g/mol. The topological polar surface area (TPSA) is 61.7 Å². The smallest absolute Gasteiger partial charge is 0.0956 e. The fraction of sp³-hybridized carbons (Fsp3) is 0.600. The summed E-state index contributed by atoms with van der Waals surface area (Å²) in [4.78, 5) is 4.36. The van der Waals surface area contributed by atoms with E-state index in [-0.39, 0.29) is 5.54 Å². The zero-order valence-corrected chi connectivity index (χ0v) is 12.1. The van der Waals surface area contributed by atoms with Crippen LogP contribution >= 0.6 is 0 Å². The Kier molecular flexibility index (Phi) is 3.61. The molecule has 20 heavy (non-hydrogen) atoms. The largest absolute Gasteiger partial charge is 0.328 e. The number of aromatic nitrogens is 4. The van der Waals surface area contributed by atoms with Gasteiger partial charge in [0.05, 0.1) is 30.0 Å². The van der Waals surface area contributed by atoms with Crippen molar-refractivity contribution in [1.29, 1.82) is 0 Å². The van der Waals surface area contributed by atoms with Crippen LogP contribution in [0.4, 0.5) is 0 Å². The van der Waals surface area contributed by atoms with Crippen molar-refractivity contribution in [1.82, 2.24) is 19.3 Å². The van der Waals surface area contributed by atoms with Gasteiger partial charge in [0, 0.05) is 24.8 Å². The van der Waals surface area contributed by atoms with Crippen LogP contribution in [0.15, 0.2) is 24.9 Å². The van der Waals surface area contributed by atoms with Crippen molar-refractivity contribution < 1.29 is 0 Å². The Bertz CT molecular complexity index is 562. The van der Waals surface area contributed by atoms with E-state index in [0.717, 1.165) is 37.1 Å². The van der Waals surface area contributed by atoms with E-state index in [0.29, 0.717) is 6.54 Å². The summed E-state index contributed by atoms with van der Waals surface area (Å²) in [6.45, 7) is 3.79. The molecule has 0 spiro atoms. The van der Waals surface area contributed by atoms with E-state index in [9.17, 15) is 0 Å². The predicted octanol–water partition coefficient (Wildman–Crippen LogP) is 2.38. The number of nitrogens with zero attached hydrogens (tertiary/aromatic N) is 4. The number of hydrogen-bond acceptors (Lipinski definition) is 3. The maximum absolute atomic E-state index is 6.09. The van der Waals surface area contributed by atoms with Crippen molar-refractivity contribution in [2.75, 3.05) is 6.54 Å². The van der Waals surface area contributed by atoms with Gasteiger partial charge in [-0.3, -0.25) is 4.68 Å². The van der Waals surface area contributed by atoms with E-state index in [4.69, 9.17) is 5.73 Å². The standard InChI is InChI=1S/C15H23N5/c1-2-7-19-10-13(8-18-19)14-9-17-12-20(14)15(11-16)5-3-4-6-15/h8-10,12H,2-7,11,16H2,1H3. The summed E-state index contributed by atoms with van der Waals surface area (Å²) in [7, 11) is 0. The SMILES string of the molecule is CCCn1cc(-c2cncn2C2(CN)CCCC2)cn1. The molecule has 0 bridgehead atoms. The molecule has 2 heterocycles. The predicted molar refractivity (Wildman–Crippen MR) is 79.2 cm³/mol. The minimum atomic E-state index is 0.0543. The molecule has 0 aliphatic heterocycles. The molecule has 0 unspecified atom stereocenters. The van der Waals surface area contributed by atoms with E-state index in [1.165, 1.54) is 12.8 Å². The molecule has 0 aromatic carbocycles. The highest BCUT2D eigenvalue weighted by Crippen LogP contribution is 2.38. The maximum atomic E-state index is 6.09. The third-order valence-electron chi connectivity index (χ3n) is 4.45. The molecule has 2 N–H and O–H groups in total. The van der Waals surface area contributed by atoms with E-state index >= 15 is 0 Å². The summed E-state index contributed by atoms with van der Waals surface area (Å²) in [6, 6.07) is 0. The van der Waals surface area contributed by atoms with Crippen LogP contribution in [0.25, 0.3) is 11.3 Å². The Morgan fingerprint density at radius 3 is 2.80 bits per heavy atom. The number of aryl methyl sites for hydroxylation is 1. The first-order valence-electron chi connectivity index (χ1n) is 7.55. The summed E-state index contributed by atoms with van der Waals surface area (Å²) < 4.78 is 4.28. The summed E-state index contributed by atoms with van der Waals surface area (Å²) in [5.41, 5.74) is 8.42. The van der Waals surface area contributed by atoms with Gasteiger partial charge in [0.15, 0.2) is 0 Å². The molecule has 0 amide bonds. The number of hydrogen-bond donors (Lipinski definition) is 1. The second-order valence-corrected chi connectivity index (χ2v) is 5.78. The van der Waals surface area contributed by atoms with E-state index in [1.54, 1.807) is 0 Å². The fourth-order valence-electron chi connectivity index (χ4n) is 3.31. The van der Waals surface area contributed by atoms with E-state index in [1.807, 2.05) is 23.4 Å². The number of imidazole rings is 1. The van der Waals surface area contributed by atoms with Crippen LogP contribution in [-0.4, -0.2) is 25.9 Å². The van der Waals surface area contributed by atoms with Crippen molar-refractivity contribution in [3.05, 3.63) is 24.9 Å². The molecular weight excluding hydrogens is 250 g/mol. The highest BCUT2D eigenvalue weighted by Gasteiger charge is 2.35. The van der Waals surface area contributed by atoms with Crippen molar-refractivity contribution in [2.24, 2.45) is 5.73 Å². The molecule has 0 atom stereocenters. The molecule has 0 radical (unpaired) electrons. The quantitative estimate of drug-likeness (QED) is 0.909. The molecule has 1 aliphatic carbocycles. The Morgan fingerprint density at radius 1 is 1.30 bits per heavy atom. The van der Waals surface area contributed by atoms with Crippen molar-refractivity contribution in [2.45, 2.75) is 51.1 Å². The van der Waals surface area contributed by atoms with Gasteiger partial charge in [-0.1, -0.05) is 19.8 Å². The molecule has 0 saturated heterocycles. The summed E-state index contributed by atoms with van der Waals surface area (Å²) in [5.74, 6) is 0. The average Bonchev–Trinajstić information content (AvgIpc) is 3.19. The van der Waals surface area contributed by atoms with Crippen LogP contribution in [0.5, 0.6) is 0 Å². The molecular formula is C15H23N5. The molecule has 5 nitrogen and oxygen atoms in total. The zero-order chi connectivity index (χ0) is 14.0. The zero-order valence-electron chi connectivity index (χ0n) is 12.1. The molecule has 1 saturated carbocycles. The summed E-state index contributed by atoms with van der Waals surface area (Å²) >= 11 is 0. The van der Waals surface area contributed by atoms with Crippen molar-refractivity contribution >= 4 is 0 Å². The molecule has 1 fully saturated rings. The third kappa shape index (κ3) is 2.16. The van der Waals surface area contributed by atoms with Gasteiger partial charge in [0.25, 0.3) is 0 Å². The summed E-state index contributed by atoms with van der Waals surface area (Å²) in [6.07, 6.45) is 13.8. The van der Waals surface area contributed by atoms with E-state index < -0.39 is 0 Å². The van der Waals surface area contributed by atoms with Crippen LogP contribution in [0.2, 0.25) is 0 Å². The first kappa shape index (κ1) is 13.4. The molecule has 5 heteroatoms. The van der Waals surface area contributed by atoms with Crippen LogP contribution in [0.1, 0.15) is 39.0 Å². The maximum Gasteiger partial charge on any atom is 0.0956 e. The fourth-order valence-corrected chi connectivity index (χ4v) is 3.31. The van der Waals surface area contributed by atoms with Crippen LogP contribution in [0, 0.1) is 0 Å². The number of rotatable bonds is 5. The van der Waals surface area contributed by atoms with E-state index in [2.05, 4.69) is 27.8 Å². The van der Waals surface area contributed by atoms with Gasteiger partial charge < -0.3 is 10.3 Å². The van der Waals surface area contributed by atoms with Gasteiger partial charge in [0.2, 0.25) is 0 Å². The monoisotopic (exact) mass is 273 g/mol. The van der Waals surface area contributed by atoms with Gasteiger partial charge in [-0.05, 0) is 19.3 Å². The van der Waals surface area contributed by atoms with Gasteiger partial charge in [-0.25, -0.2) is 4.98 Å². The van der Waals surface area contributed by atoms with Crippen LogP contribution < -0.4 is 5.73 Å². The van der Waals surface area contributed by atoms with Gasteiger partial charge in [0.1, 0.15) is 0 Å². The molecule has 2 aromatic heterocycles. The lowest BCUT2D eigenvalue weighted by Crippen LogP contribution is -2.38. The third-order valence-corrected chi connectivity index (χ3v) is 4.45. The second kappa shape index (κ2) is 5.40. The van der Waals surface area contributed by atoms with Crippen molar-refractivity contribution in [3.8, 4) is 11.3 Å². The minimum Gasteiger partial charge on any atom is -0.328 e. The Morgan fingerprint density at radius 2 is 2.10 bits per heavy atom. The molecule has 1 aliphatic rings. The second-order valence-electron chi connectivity index (χ2n) is 5.78. The summed E-state index contributed by atoms with van der Waals surface area (Å²) in [5, 5.41) is 4.42. The first-order valence-corrected chi connectivity index (χ1v) is 7.55. The Hall–Kier alpha value is -1.62. The lowest BCUT2D eigenvalue weighted by molar-refractivity contribution is 0.307. The van der Waals surface area contributed by atoms with Crippen molar-refractivity contribution in [3.63, 3.8) is 0 Å². The highest BCUT2D eigenvalue weighted by atomic mass is 15.3. The Labute approximate surface area is 119 Å². The van der Waals surface area contributed by atoms with Gasteiger partial charge >= 0.3 is 0 Å². The lowest BCUT2D eigenvalue weighted by Gasteiger charge is -2.30. The lowest BCUT2D eigenvalue weighted by atomic mass is 9.96. The Balaban J connectivity index is 1.96. The first-order chi connectivity index (χ1) is 9.79. The number of nitrogens with two attached hydrogens (primary N) is 1. The van der Waals surface area contributed by atoms with Gasteiger partial charge in [-0.15, -0.1) is 0 Å². The minimum absolute atomic E-state index is 0.0543.